The van der Waals surface area contributed by atoms with E-state index >= 15 is 0 Å². The first-order valence-electron chi connectivity index (χ1n) is 9.26. The van der Waals surface area contributed by atoms with Crippen molar-refractivity contribution in [2.75, 3.05) is 25.1 Å². The molecule has 1 unspecified atom stereocenters. The van der Waals surface area contributed by atoms with Crippen molar-refractivity contribution in [1.82, 2.24) is 0 Å². The van der Waals surface area contributed by atoms with Crippen LogP contribution in [-0.4, -0.2) is 26.2 Å². The van der Waals surface area contributed by atoms with Crippen molar-refractivity contribution in [3.8, 4) is 0 Å². The van der Waals surface area contributed by atoms with Gasteiger partial charge in [0, 0.05) is 24.7 Å². The molecule has 0 aliphatic carbocycles. The molecule has 2 aromatic carbocycles. The predicted octanol–water partition coefficient (Wildman–Crippen LogP) is 4.32. The van der Waals surface area contributed by atoms with Gasteiger partial charge in [0.15, 0.2) is 0 Å². The molecule has 0 N–H and O–H groups in total. The van der Waals surface area contributed by atoms with Gasteiger partial charge in [-0.05, 0) is 60.1 Å². The van der Waals surface area contributed by atoms with Gasteiger partial charge in [0.25, 0.3) is 0 Å². The third kappa shape index (κ3) is 2.92. The standard InChI is InChI=1S/C22H25NO2/c1-15(16-7-9-17(10-8-16)22(24)25-2)20-13-18-5-3-11-23-12-4-6-19(14-20)21(18)23/h7-10,13-15H,3-6,11-12H2,1-2H3. The summed E-state index contributed by atoms with van der Waals surface area (Å²) in [4.78, 5) is 14.2. The number of carbonyl (C=O) groups is 1. The van der Waals surface area contributed by atoms with Crippen LogP contribution in [0.25, 0.3) is 0 Å². The van der Waals surface area contributed by atoms with Crippen LogP contribution in [0, 0.1) is 0 Å². The number of hydrogen-bond acceptors (Lipinski definition) is 3. The summed E-state index contributed by atoms with van der Waals surface area (Å²) in [5.41, 5.74) is 7.81. The monoisotopic (exact) mass is 335 g/mol. The highest BCUT2D eigenvalue weighted by Gasteiger charge is 2.25. The summed E-state index contributed by atoms with van der Waals surface area (Å²) in [6.07, 6.45) is 4.91. The minimum absolute atomic E-state index is 0.280. The van der Waals surface area contributed by atoms with E-state index in [2.05, 4.69) is 24.0 Å². The highest BCUT2D eigenvalue weighted by atomic mass is 16.5. The van der Waals surface area contributed by atoms with Crippen LogP contribution in [0.15, 0.2) is 36.4 Å². The lowest BCUT2D eigenvalue weighted by Gasteiger charge is -2.37. The number of methoxy groups -OCH3 is 1. The van der Waals surface area contributed by atoms with Crippen molar-refractivity contribution in [1.29, 1.82) is 0 Å². The molecule has 3 nitrogen and oxygen atoms in total. The summed E-state index contributed by atoms with van der Waals surface area (Å²) < 4.78 is 4.79. The number of ether oxygens (including phenoxy) is 1. The molecule has 1 atom stereocenters. The minimum Gasteiger partial charge on any atom is -0.465 e. The Balaban J connectivity index is 1.66. The lowest BCUT2D eigenvalue weighted by Crippen LogP contribution is -2.34. The molecule has 4 rings (SSSR count). The van der Waals surface area contributed by atoms with Crippen LogP contribution in [0.1, 0.15) is 58.3 Å². The molecule has 3 heteroatoms. The van der Waals surface area contributed by atoms with Crippen LogP contribution in [-0.2, 0) is 17.6 Å². The van der Waals surface area contributed by atoms with E-state index in [-0.39, 0.29) is 5.97 Å². The largest absolute Gasteiger partial charge is 0.465 e. The van der Waals surface area contributed by atoms with Crippen LogP contribution in [0.5, 0.6) is 0 Å². The van der Waals surface area contributed by atoms with Gasteiger partial charge in [0.05, 0.1) is 12.7 Å². The van der Waals surface area contributed by atoms with Crippen LogP contribution in [0.4, 0.5) is 5.69 Å². The molecule has 0 radical (unpaired) electrons. The summed E-state index contributed by atoms with van der Waals surface area (Å²) in [6, 6.07) is 12.6. The molecule has 2 aromatic rings. The highest BCUT2D eigenvalue weighted by molar-refractivity contribution is 5.89. The first-order valence-corrected chi connectivity index (χ1v) is 9.26. The van der Waals surface area contributed by atoms with Crippen molar-refractivity contribution in [3.05, 3.63) is 64.2 Å². The Hall–Kier alpha value is -2.29. The average molecular weight is 335 g/mol. The van der Waals surface area contributed by atoms with Gasteiger partial charge in [-0.2, -0.15) is 0 Å². The normalized spacial score (nSPS) is 17.0. The van der Waals surface area contributed by atoms with Crippen molar-refractivity contribution >= 4 is 11.7 Å². The maximum atomic E-state index is 11.6. The van der Waals surface area contributed by atoms with Crippen LogP contribution >= 0.6 is 0 Å². The second-order valence-electron chi connectivity index (χ2n) is 7.22. The topological polar surface area (TPSA) is 29.5 Å². The number of rotatable bonds is 3. The van der Waals surface area contributed by atoms with E-state index in [0.717, 1.165) is 0 Å². The van der Waals surface area contributed by atoms with Gasteiger partial charge in [-0.25, -0.2) is 4.79 Å². The van der Waals surface area contributed by atoms with Gasteiger partial charge in [0.1, 0.15) is 0 Å². The van der Waals surface area contributed by atoms with E-state index in [4.69, 9.17) is 4.74 Å². The van der Waals surface area contributed by atoms with Gasteiger partial charge in [-0.15, -0.1) is 0 Å². The summed E-state index contributed by atoms with van der Waals surface area (Å²) in [5, 5.41) is 0. The first kappa shape index (κ1) is 16.2. The number of anilines is 1. The molecule has 0 aromatic heterocycles. The number of esters is 1. The van der Waals surface area contributed by atoms with Crippen LogP contribution in [0.2, 0.25) is 0 Å². The molecular formula is C22H25NO2. The van der Waals surface area contributed by atoms with E-state index in [1.165, 1.54) is 73.8 Å². The lowest BCUT2D eigenvalue weighted by molar-refractivity contribution is 0.0600. The Morgan fingerprint density at radius 1 is 1.00 bits per heavy atom. The smallest absolute Gasteiger partial charge is 0.337 e. The van der Waals surface area contributed by atoms with E-state index in [0.29, 0.717) is 11.5 Å². The van der Waals surface area contributed by atoms with Gasteiger partial charge in [-0.3, -0.25) is 0 Å². The van der Waals surface area contributed by atoms with Crippen molar-refractivity contribution in [2.45, 2.75) is 38.5 Å². The van der Waals surface area contributed by atoms with Crippen LogP contribution < -0.4 is 4.90 Å². The summed E-state index contributed by atoms with van der Waals surface area (Å²) in [5.74, 6) is 0.0445. The number of nitrogens with zero attached hydrogens (tertiary/aromatic N) is 1. The second kappa shape index (κ2) is 6.55. The SMILES string of the molecule is COC(=O)c1ccc(C(C)c2cc3c4c(c2)CCCN4CCC3)cc1. The van der Waals surface area contributed by atoms with Crippen molar-refractivity contribution < 1.29 is 9.53 Å². The predicted molar refractivity (Wildman–Crippen MR) is 101 cm³/mol. The molecule has 0 saturated heterocycles. The zero-order valence-corrected chi connectivity index (χ0v) is 15.0. The quantitative estimate of drug-likeness (QED) is 0.782. The molecule has 2 aliphatic rings. The summed E-state index contributed by atoms with van der Waals surface area (Å²) in [6.45, 7) is 4.68. The second-order valence-corrected chi connectivity index (χ2v) is 7.22. The van der Waals surface area contributed by atoms with E-state index in [1.807, 2.05) is 24.3 Å². The Morgan fingerprint density at radius 2 is 1.60 bits per heavy atom. The van der Waals surface area contributed by atoms with Gasteiger partial charge < -0.3 is 9.64 Å². The fourth-order valence-corrected chi connectivity index (χ4v) is 4.30. The fraction of sp³-hybridized carbons (Fsp3) is 0.409. The maximum absolute atomic E-state index is 11.6. The molecule has 0 amide bonds. The van der Waals surface area contributed by atoms with Crippen LogP contribution in [0.3, 0.4) is 0 Å². The third-order valence-corrected chi connectivity index (χ3v) is 5.69. The molecule has 0 bridgehead atoms. The molecule has 0 saturated carbocycles. The van der Waals surface area contributed by atoms with Crippen molar-refractivity contribution in [2.24, 2.45) is 0 Å². The number of aryl methyl sites for hydroxylation is 2. The van der Waals surface area contributed by atoms with Gasteiger partial charge in [0.2, 0.25) is 0 Å². The summed E-state index contributed by atoms with van der Waals surface area (Å²) in [7, 11) is 1.42. The van der Waals surface area contributed by atoms with Crippen molar-refractivity contribution in [3.63, 3.8) is 0 Å². The molecule has 0 spiro atoms. The maximum Gasteiger partial charge on any atom is 0.337 e. The average Bonchev–Trinajstić information content (AvgIpc) is 2.67. The molecular weight excluding hydrogens is 310 g/mol. The lowest BCUT2D eigenvalue weighted by atomic mass is 9.85. The Morgan fingerprint density at radius 3 is 2.16 bits per heavy atom. The molecule has 25 heavy (non-hydrogen) atoms. The summed E-state index contributed by atoms with van der Waals surface area (Å²) >= 11 is 0. The van der Waals surface area contributed by atoms with E-state index < -0.39 is 0 Å². The fourth-order valence-electron chi connectivity index (χ4n) is 4.30. The number of carbonyl (C=O) groups excluding carboxylic acids is 1. The van der Waals surface area contributed by atoms with E-state index in [9.17, 15) is 4.79 Å². The number of hydrogen-bond donors (Lipinski definition) is 0. The molecule has 0 fully saturated rings. The Labute approximate surface area is 149 Å². The Bertz CT molecular complexity index is 763. The van der Waals surface area contributed by atoms with Gasteiger partial charge in [-0.1, -0.05) is 31.2 Å². The Kier molecular flexibility index (Phi) is 4.24. The minimum atomic E-state index is -0.280. The molecule has 2 heterocycles. The van der Waals surface area contributed by atoms with E-state index in [1.54, 1.807) is 0 Å². The zero-order chi connectivity index (χ0) is 17.4. The highest BCUT2D eigenvalue weighted by Crippen LogP contribution is 2.38. The third-order valence-electron chi connectivity index (χ3n) is 5.69. The first-order chi connectivity index (χ1) is 12.2. The zero-order valence-electron chi connectivity index (χ0n) is 15.0. The number of benzene rings is 2. The molecule has 130 valence electrons. The molecule has 2 aliphatic heterocycles. The van der Waals surface area contributed by atoms with Gasteiger partial charge >= 0.3 is 5.97 Å².